The minimum absolute atomic E-state index is 0.122. The molecule has 0 spiro atoms. The van der Waals surface area contributed by atoms with Crippen LogP contribution in [0.5, 0.6) is 0 Å². The van der Waals surface area contributed by atoms with E-state index < -0.39 is 18.1 Å². The van der Waals surface area contributed by atoms with Crippen molar-refractivity contribution in [2.24, 2.45) is 5.73 Å². The van der Waals surface area contributed by atoms with Crippen LogP contribution in [-0.2, 0) is 9.59 Å². The third-order valence-corrected chi connectivity index (χ3v) is 4.85. The molecule has 1 aromatic rings. The summed E-state index contributed by atoms with van der Waals surface area (Å²) < 4.78 is 0. The Balaban J connectivity index is 1.77. The fraction of sp³-hybridized carbons (Fsp3) is 0.500. The van der Waals surface area contributed by atoms with Crippen LogP contribution in [-0.4, -0.2) is 71.7 Å². The van der Waals surface area contributed by atoms with Gasteiger partial charge < -0.3 is 15.7 Å². The number of carbonyl (C=O) groups is 2. The smallest absolute Gasteiger partial charge is 0.322 e. The highest BCUT2D eigenvalue weighted by molar-refractivity contribution is 5.85. The number of hydrogen-bond donors (Lipinski definition) is 4. The summed E-state index contributed by atoms with van der Waals surface area (Å²) in [6.45, 7) is 1.22. The number of hydrazine groups is 1. The zero-order valence-corrected chi connectivity index (χ0v) is 13.6. The molecule has 2 aliphatic heterocycles. The maximum absolute atomic E-state index is 13.0. The lowest BCUT2D eigenvalue weighted by atomic mass is 9.90. The average Bonchev–Trinajstić information content (AvgIpc) is 2.96. The van der Waals surface area contributed by atoms with Crippen LogP contribution in [0.25, 0.3) is 0 Å². The van der Waals surface area contributed by atoms with Crippen LogP contribution < -0.4 is 16.6 Å². The Morgan fingerprint density at radius 2 is 1.92 bits per heavy atom. The second kappa shape index (κ2) is 6.86. The van der Waals surface area contributed by atoms with Crippen molar-refractivity contribution in [3.05, 3.63) is 35.9 Å². The molecule has 0 bridgehead atoms. The number of amides is 1. The van der Waals surface area contributed by atoms with Gasteiger partial charge in [0.05, 0.1) is 6.17 Å². The molecule has 2 fully saturated rings. The maximum atomic E-state index is 13.0. The zero-order valence-electron chi connectivity index (χ0n) is 13.6. The van der Waals surface area contributed by atoms with Crippen LogP contribution in [0.1, 0.15) is 11.5 Å². The van der Waals surface area contributed by atoms with Crippen molar-refractivity contribution in [3.8, 4) is 0 Å². The number of nitrogens with zero attached hydrogens (tertiary/aromatic N) is 2. The quantitative estimate of drug-likeness (QED) is 0.547. The normalized spacial score (nSPS) is 31.2. The molecule has 2 saturated heterocycles. The van der Waals surface area contributed by atoms with Gasteiger partial charge in [-0.3, -0.25) is 14.5 Å². The predicted octanol–water partition coefficient (Wildman–Crippen LogP) is -1.24. The van der Waals surface area contributed by atoms with Gasteiger partial charge in [-0.05, 0) is 12.6 Å². The minimum Gasteiger partial charge on any atom is -0.480 e. The van der Waals surface area contributed by atoms with Crippen LogP contribution in [0.3, 0.4) is 0 Å². The SMILES string of the molecule is CN1CCN(C(=O)C2NNC(N)C2c2ccccc2)CC1C(=O)O. The summed E-state index contributed by atoms with van der Waals surface area (Å²) in [6.07, 6.45) is -0.385. The van der Waals surface area contributed by atoms with Crippen LogP contribution in [0.2, 0.25) is 0 Å². The molecule has 1 aromatic carbocycles. The summed E-state index contributed by atoms with van der Waals surface area (Å²) >= 11 is 0. The van der Waals surface area contributed by atoms with Gasteiger partial charge in [-0.25, -0.2) is 10.9 Å². The summed E-state index contributed by atoms with van der Waals surface area (Å²) in [4.78, 5) is 27.7. The highest BCUT2D eigenvalue weighted by Gasteiger charge is 2.43. The monoisotopic (exact) mass is 333 g/mol. The van der Waals surface area contributed by atoms with E-state index in [2.05, 4.69) is 10.9 Å². The number of carbonyl (C=O) groups excluding carboxylic acids is 1. The molecule has 0 aromatic heterocycles. The summed E-state index contributed by atoms with van der Waals surface area (Å²) in [5.74, 6) is -1.24. The fourth-order valence-corrected chi connectivity index (χ4v) is 3.40. The van der Waals surface area contributed by atoms with Crippen LogP contribution in [0.4, 0.5) is 0 Å². The van der Waals surface area contributed by atoms with E-state index in [1.165, 1.54) is 0 Å². The van der Waals surface area contributed by atoms with Crippen molar-refractivity contribution in [2.75, 3.05) is 26.7 Å². The number of nitrogens with one attached hydrogen (secondary N) is 2. The first-order valence-electron chi connectivity index (χ1n) is 8.02. The van der Waals surface area contributed by atoms with Crippen molar-refractivity contribution in [3.63, 3.8) is 0 Å². The first kappa shape index (κ1) is 16.8. The molecule has 5 N–H and O–H groups in total. The van der Waals surface area contributed by atoms with E-state index in [4.69, 9.17) is 5.73 Å². The van der Waals surface area contributed by atoms with Gasteiger partial charge in [-0.15, -0.1) is 0 Å². The molecule has 2 aliphatic rings. The van der Waals surface area contributed by atoms with E-state index in [1.807, 2.05) is 30.3 Å². The van der Waals surface area contributed by atoms with Gasteiger partial charge in [0.25, 0.3) is 0 Å². The molecule has 3 rings (SSSR count). The Morgan fingerprint density at radius 3 is 2.58 bits per heavy atom. The standard InChI is InChI=1S/C16H23N5O3/c1-20-7-8-21(9-11(20)16(23)24)15(22)13-12(14(17)19-18-13)10-5-3-2-4-6-10/h2-6,11-14,18-19H,7-9,17H2,1H3,(H,23,24). The van der Waals surface area contributed by atoms with Gasteiger partial charge in [0, 0.05) is 25.6 Å². The van der Waals surface area contributed by atoms with Crippen molar-refractivity contribution >= 4 is 11.9 Å². The van der Waals surface area contributed by atoms with Crippen LogP contribution >= 0.6 is 0 Å². The molecule has 24 heavy (non-hydrogen) atoms. The Labute approximate surface area is 140 Å². The Morgan fingerprint density at radius 1 is 1.21 bits per heavy atom. The van der Waals surface area contributed by atoms with E-state index in [0.29, 0.717) is 13.1 Å². The molecule has 4 atom stereocenters. The van der Waals surface area contributed by atoms with E-state index in [9.17, 15) is 14.7 Å². The summed E-state index contributed by atoms with van der Waals surface area (Å²) in [7, 11) is 1.76. The third kappa shape index (κ3) is 3.13. The van der Waals surface area contributed by atoms with Crippen molar-refractivity contribution < 1.29 is 14.7 Å². The molecule has 8 heteroatoms. The number of carboxylic acid groups (broad SMARTS) is 1. The number of benzene rings is 1. The molecule has 0 aliphatic carbocycles. The predicted molar refractivity (Wildman–Crippen MR) is 87.9 cm³/mol. The third-order valence-electron chi connectivity index (χ3n) is 4.85. The summed E-state index contributed by atoms with van der Waals surface area (Å²) in [5, 5.41) is 9.32. The van der Waals surface area contributed by atoms with E-state index in [1.54, 1.807) is 16.8 Å². The van der Waals surface area contributed by atoms with E-state index in [-0.39, 0.29) is 24.5 Å². The molecule has 1 amide bonds. The zero-order chi connectivity index (χ0) is 17.3. The highest BCUT2D eigenvalue weighted by atomic mass is 16.4. The Hall–Kier alpha value is -2.00. The van der Waals surface area contributed by atoms with Crippen LogP contribution in [0, 0.1) is 0 Å². The van der Waals surface area contributed by atoms with Gasteiger partial charge in [-0.1, -0.05) is 30.3 Å². The van der Waals surface area contributed by atoms with Gasteiger partial charge in [-0.2, -0.15) is 0 Å². The second-order valence-electron chi connectivity index (χ2n) is 6.35. The number of hydrogen-bond acceptors (Lipinski definition) is 6. The number of rotatable bonds is 3. The van der Waals surface area contributed by atoms with Crippen molar-refractivity contribution in [1.82, 2.24) is 20.7 Å². The number of likely N-dealkylation sites (N-methyl/N-ethyl adjacent to an activating group) is 1. The molecule has 8 nitrogen and oxygen atoms in total. The Kier molecular flexibility index (Phi) is 4.81. The number of piperazine rings is 1. The number of nitrogens with two attached hydrogens (primary N) is 1. The molecule has 2 heterocycles. The average molecular weight is 333 g/mol. The highest BCUT2D eigenvalue weighted by Crippen LogP contribution is 2.26. The first-order valence-corrected chi connectivity index (χ1v) is 8.02. The van der Waals surface area contributed by atoms with Crippen molar-refractivity contribution in [1.29, 1.82) is 0 Å². The van der Waals surface area contributed by atoms with E-state index in [0.717, 1.165) is 5.56 Å². The van der Waals surface area contributed by atoms with Gasteiger partial charge in [0.15, 0.2) is 0 Å². The fourth-order valence-electron chi connectivity index (χ4n) is 3.40. The molecule has 4 unspecified atom stereocenters. The summed E-state index contributed by atoms with van der Waals surface area (Å²) in [5.41, 5.74) is 13.0. The van der Waals surface area contributed by atoms with Crippen molar-refractivity contribution in [2.45, 2.75) is 24.2 Å². The lowest BCUT2D eigenvalue weighted by Crippen LogP contribution is -2.59. The lowest BCUT2D eigenvalue weighted by molar-refractivity contribution is -0.148. The summed E-state index contributed by atoms with van der Waals surface area (Å²) in [6, 6.07) is 8.45. The van der Waals surface area contributed by atoms with Crippen LogP contribution in [0.15, 0.2) is 30.3 Å². The molecule has 130 valence electrons. The van der Waals surface area contributed by atoms with Gasteiger partial charge >= 0.3 is 5.97 Å². The number of aliphatic carboxylic acids is 1. The molecular formula is C16H23N5O3. The minimum atomic E-state index is -0.913. The first-order chi connectivity index (χ1) is 11.5. The molecule has 0 saturated carbocycles. The topological polar surface area (TPSA) is 111 Å². The van der Waals surface area contributed by atoms with Gasteiger partial charge in [0.1, 0.15) is 12.1 Å². The lowest BCUT2D eigenvalue weighted by Gasteiger charge is -2.38. The van der Waals surface area contributed by atoms with E-state index >= 15 is 0 Å². The largest absolute Gasteiger partial charge is 0.480 e. The maximum Gasteiger partial charge on any atom is 0.322 e. The molecular weight excluding hydrogens is 310 g/mol. The number of carboxylic acids is 1. The second-order valence-corrected chi connectivity index (χ2v) is 6.35. The molecule has 0 radical (unpaired) electrons. The van der Waals surface area contributed by atoms with Gasteiger partial charge in [0.2, 0.25) is 5.91 Å². The Bertz CT molecular complexity index is 611.